The second-order valence-corrected chi connectivity index (χ2v) is 10.9. The Morgan fingerprint density at radius 2 is 1.65 bits per heavy atom. The van der Waals surface area contributed by atoms with E-state index in [0.717, 1.165) is 22.4 Å². The van der Waals surface area contributed by atoms with Crippen LogP contribution in [0, 0.1) is 0 Å². The van der Waals surface area contributed by atoms with E-state index < -0.39 is 17.9 Å². The highest BCUT2D eigenvalue weighted by Gasteiger charge is 2.25. The van der Waals surface area contributed by atoms with Crippen LogP contribution in [0.3, 0.4) is 0 Å². The average molecular weight is 599 g/mol. The highest BCUT2D eigenvalue weighted by Crippen LogP contribution is 2.27. The van der Waals surface area contributed by atoms with Crippen LogP contribution in [0.1, 0.15) is 35.9 Å². The van der Waals surface area contributed by atoms with Crippen LogP contribution >= 0.6 is 11.6 Å². The summed E-state index contributed by atoms with van der Waals surface area (Å²) in [6.45, 7) is 3.88. The number of rotatable bonds is 9. The second-order valence-electron chi connectivity index (χ2n) is 10.4. The highest BCUT2D eigenvalue weighted by atomic mass is 35.5. The molecule has 12 heteroatoms. The Balaban J connectivity index is 1.43. The van der Waals surface area contributed by atoms with Gasteiger partial charge in [-0.05, 0) is 66.9 Å². The first-order valence-electron chi connectivity index (χ1n) is 13.7. The molecule has 2 amide bonds. The molecule has 2 N–H and O–H groups in total. The number of aromatic nitrogens is 6. The predicted molar refractivity (Wildman–Crippen MR) is 165 cm³/mol. The number of nitrogens with one attached hydrogen (secondary N) is 2. The molecule has 0 fully saturated rings. The normalized spacial score (nSPS) is 11.9. The first-order chi connectivity index (χ1) is 20.6. The maximum atomic E-state index is 13.6. The molecule has 5 rings (SSSR count). The zero-order valence-corrected chi connectivity index (χ0v) is 24.9. The minimum Gasteiger partial charge on any atom is -0.339 e. The number of benzene rings is 2. The van der Waals surface area contributed by atoms with Crippen molar-refractivity contribution in [1.82, 2.24) is 34.7 Å². The van der Waals surface area contributed by atoms with Crippen LogP contribution in [0.2, 0.25) is 5.02 Å². The van der Waals surface area contributed by atoms with Gasteiger partial charge in [-0.2, -0.15) is 5.10 Å². The summed E-state index contributed by atoms with van der Waals surface area (Å²) in [6.07, 6.45) is 5.09. The van der Waals surface area contributed by atoms with Crippen LogP contribution in [0.15, 0.2) is 84.0 Å². The molecule has 3 aromatic heterocycles. The van der Waals surface area contributed by atoms with E-state index in [4.69, 9.17) is 11.6 Å². The van der Waals surface area contributed by atoms with E-state index in [0.29, 0.717) is 22.0 Å². The third-order valence-electron chi connectivity index (χ3n) is 7.14. The number of carbonyl (C=O) groups is 2. The third kappa shape index (κ3) is 6.57. The average Bonchev–Trinajstić information content (AvgIpc) is 3.62. The van der Waals surface area contributed by atoms with Crippen molar-refractivity contribution in [2.24, 2.45) is 14.1 Å². The Hall–Kier alpha value is -5.03. The molecule has 43 heavy (non-hydrogen) atoms. The maximum absolute atomic E-state index is 13.6. The van der Waals surface area contributed by atoms with Crippen molar-refractivity contribution in [1.29, 1.82) is 0 Å². The lowest BCUT2D eigenvalue weighted by Crippen LogP contribution is -2.45. The Labute approximate surface area is 253 Å². The molecule has 220 valence electrons. The van der Waals surface area contributed by atoms with Crippen LogP contribution in [-0.4, -0.2) is 47.2 Å². The van der Waals surface area contributed by atoms with Crippen LogP contribution in [0.25, 0.3) is 22.4 Å². The van der Waals surface area contributed by atoms with Crippen molar-refractivity contribution >= 4 is 29.1 Å². The van der Waals surface area contributed by atoms with Gasteiger partial charge in [0.25, 0.3) is 11.5 Å². The van der Waals surface area contributed by atoms with E-state index in [9.17, 15) is 14.4 Å². The molecular weight excluding hydrogens is 568 g/mol. The smallest absolute Gasteiger partial charge is 0.270 e. The predicted octanol–water partition coefficient (Wildman–Crippen LogP) is 4.26. The number of carbonyl (C=O) groups excluding carboxylic acids is 2. The maximum Gasteiger partial charge on any atom is 0.270 e. The summed E-state index contributed by atoms with van der Waals surface area (Å²) in [7, 11) is 3.45. The Bertz CT molecular complexity index is 1840. The van der Waals surface area contributed by atoms with Crippen molar-refractivity contribution in [3.8, 4) is 22.4 Å². The van der Waals surface area contributed by atoms with Gasteiger partial charge in [-0.15, -0.1) is 5.10 Å². The largest absolute Gasteiger partial charge is 0.339 e. The quantitative estimate of drug-likeness (QED) is 0.261. The summed E-state index contributed by atoms with van der Waals surface area (Å²) < 4.78 is 4.75. The van der Waals surface area contributed by atoms with Crippen LogP contribution < -0.4 is 16.2 Å². The minimum atomic E-state index is -0.972. The fourth-order valence-electron chi connectivity index (χ4n) is 4.75. The molecule has 0 radical (unpaired) electrons. The van der Waals surface area contributed by atoms with Gasteiger partial charge in [-0.1, -0.05) is 35.0 Å². The fourth-order valence-corrected chi connectivity index (χ4v) is 4.95. The van der Waals surface area contributed by atoms with Gasteiger partial charge in [0.05, 0.1) is 11.9 Å². The minimum absolute atomic E-state index is 0.00984. The highest BCUT2D eigenvalue weighted by molar-refractivity contribution is 6.31. The van der Waals surface area contributed by atoms with Crippen molar-refractivity contribution in [3.63, 3.8) is 0 Å². The molecule has 5 aromatic rings. The lowest BCUT2D eigenvalue weighted by Gasteiger charge is -2.20. The Morgan fingerprint density at radius 1 is 0.930 bits per heavy atom. The van der Waals surface area contributed by atoms with Gasteiger partial charge in [-0.25, -0.2) is 4.68 Å². The summed E-state index contributed by atoms with van der Waals surface area (Å²) in [4.78, 5) is 39.1. The summed E-state index contributed by atoms with van der Waals surface area (Å²) in [5.41, 5.74) is 4.80. The number of hydrogen-bond donors (Lipinski definition) is 2. The van der Waals surface area contributed by atoms with E-state index in [1.165, 1.54) is 16.9 Å². The molecule has 11 nitrogen and oxygen atoms in total. The summed E-state index contributed by atoms with van der Waals surface area (Å²) >= 11 is 6.61. The van der Waals surface area contributed by atoms with Crippen molar-refractivity contribution < 1.29 is 9.59 Å². The zero-order valence-electron chi connectivity index (χ0n) is 24.2. The number of aryl methyl sites for hydroxylation is 2. The van der Waals surface area contributed by atoms with E-state index >= 15 is 0 Å². The Morgan fingerprint density at radius 3 is 2.30 bits per heavy atom. The zero-order chi connectivity index (χ0) is 30.7. The van der Waals surface area contributed by atoms with Gasteiger partial charge in [0.1, 0.15) is 11.7 Å². The topological polar surface area (TPSA) is 129 Å². The van der Waals surface area contributed by atoms with Crippen LogP contribution in [0.4, 0.5) is 5.69 Å². The van der Waals surface area contributed by atoms with Gasteiger partial charge in [0, 0.05) is 61.3 Å². The van der Waals surface area contributed by atoms with Gasteiger partial charge in [0.15, 0.2) is 0 Å². The molecule has 0 aliphatic carbocycles. The van der Waals surface area contributed by atoms with Gasteiger partial charge in [0.2, 0.25) is 5.91 Å². The van der Waals surface area contributed by atoms with E-state index in [1.54, 1.807) is 66.1 Å². The summed E-state index contributed by atoms with van der Waals surface area (Å²) in [5.74, 6) is -0.865. The number of pyridine rings is 1. The molecule has 0 bridgehead atoms. The van der Waals surface area contributed by atoms with Crippen molar-refractivity contribution in [2.75, 3.05) is 5.32 Å². The molecule has 0 saturated heterocycles. The lowest BCUT2D eigenvalue weighted by atomic mass is 9.99. The van der Waals surface area contributed by atoms with Crippen LogP contribution in [-0.2, 0) is 25.3 Å². The monoisotopic (exact) mass is 598 g/mol. The molecule has 0 saturated carbocycles. The first kappa shape index (κ1) is 29.5. The first-order valence-corrected chi connectivity index (χ1v) is 14.0. The molecule has 3 heterocycles. The van der Waals surface area contributed by atoms with E-state index in [1.807, 2.05) is 38.1 Å². The molecule has 1 unspecified atom stereocenters. The van der Waals surface area contributed by atoms with Gasteiger partial charge < -0.3 is 15.2 Å². The standard InChI is InChI=1S/C31H31ClN8O3/c1-19(2)40-18-22(8-12-29(40)41)21-7-11-25(32)23(15-21)16-26(36-31(43)27-13-14-34-38(27)3)30(42)35-24-9-5-20(6-10-24)28-17-33-37-39(28)4/h5-15,17-19,26H,16H2,1-4H3,(H,35,42)(H,36,43). The summed E-state index contributed by atoms with van der Waals surface area (Å²) in [5, 5.41) is 18.1. The summed E-state index contributed by atoms with van der Waals surface area (Å²) in [6, 6.07) is 16.6. The number of halogens is 1. The second kappa shape index (κ2) is 12.5. The molecule has 0 aliphatic heterocycles. The number of hydrogen-bond acceptors (Lipinski definition) is 6. The van der Waals surface area contributed by atoms with E-state index in [-0.39, 0.29) is 18.0 Å². The van der Waals surface area contributed by atoms with Gasteiger partial charge in [-0.3, -0.25) is 19.1 Å². The van der Waals surface area contributed by atoms with Crippen LogP contribution in [0.5, 0.6) is 0 Å². The molecule has 0 spiro atoms. The van der Waals surface area contributed by atoms with Crippen molar-refractivity contribution in [2.45, 2.75) is 32.4 Å². The SMILES string of the molecule is CC(C)n1cc(-c2ccc(Cl)c(CC(NC(=O)c3ccnn3C)C(=O)Nc3ccc(-c4cnnn4C)cc3)c2)ccc1=O. The lowest BCUT2D eigenvalue weighted by molar-refractivity contribution is -0.118. The van der Waals surface area contributed by atoms with Crippen molar-refractivity contribution in [3.05, 3.63) is 106 Å². The van der Waals surface area contributed by atoms with Gasteiger partial charge >= 0.3 is 0 Å². The fraction of sp³-hybridized carbons (Fsp3) is 0.226. The molecular formula is C31H31ClN8O3. The molecule has 2 aromatic carbocycles. The Kier molecular flexibility index (Phi) is 8.53. The van der Waals surface area contributed by atoms with E-state index in [2.05, 4.69) is 26.0 Å². The number of nitrogens with zero attached hydrogens (tertiary/aromatic N) is 6. The number of anilines is 1. The number of amides is 2. The molecule has 1 atom stereocenters. The molecule has 0 aliphatic rings. The third-order valence-corrected chi connectivity index (χ3v) is 7.50.